The summed E-state index contributed by atoms with van der Waals surface area (Å²) in [6.07, 6.45) is 2.51. The van der Waals surface area contributed by atoms with Gasteiger partial charge >= 0.3 is 0 Å². The zero-order valence-electron chi connectivity index (χ0n) is 8.20. The average molecular weight is 216 g/mol. The van der Waals surface area contributed by atoms with Gasteiger partial charge in [0.2, 0.25) is 0 Å². The molecule has 2 aromatic rings. The molecule has 15 heavy (non-hydrogen) atoms. The fourth-order valence-electron chi connectivity index (χ4n) is 1.35. The van der Waals surface area contributed by atoms with E-state index in [1.165, 1.54) is 0 Å². The first-order valence-electron chi connectivity index (χ1n) is 4.80. The van der Waals surface area contributed by atoms with E-state index in [0.29, 0.717) is 12.3 Å². The lowest BCUT2D eigenvalue weighted by Gasteiger charge is -1.96. The number of alkyl halides is 1. The summed E-state index contributed by atoms with van der Waals surface area (Å²) in [5, 5.41) is 1.12. The van der Waals surface area contributed by atoms with Crippen LogP contribution in [-0.4, -0.2) is 10.9 Å². The smallest absolute Gasteiger partial charge is 0.0702 e. The highest BCUT2D eigenvalue weighted by molar-refractivity contribution is 6.18. The van der Waals surface area contributed by atoms with Gasteiger partial charge in [0.25, 0.3) is 0 Å². The molecule has 0 unspecified atom stereocenters. The molecule has 0 fully saturated rings. The summed E-state index contributed by atoms with van der Waals surface area (Å²) in [7, 11) is 0. The molecule has 1 nitrogen and oxygen atoms in total. The first-order chi connectivity index (χ1) is 7.40. The maximum Gasteiger partial charge on any atom is 0.0702 e. The number of rotatable bonds is 1. The standard InChI is InChI=1S/C13H10ClN/c14-8-4-3-5-11-9-12-6-1-2-7-13(12)15-10-11/h1-2,6-7,9-10H,4,8H2. The fourth-order valence-corrected chi connectivity index (χ4v) is 1.45. The lowest BCUT2D eigenvalue weighted by atomic mass is 10.1. The van der Waals surface area contributed by atoms with Gasteiger partial charge in [0, 0.05) is 29.4 Å². The lowest BCUT2D eigenvalue weighted by Crippen LogP contribution is -1.81. The van der Waals surface area contributed by atoms with E-state index >= 15 is 0 Å². The van der Waals surface area contributed by atoms with E-state index < -0.39 is 0 Å². The van der Waals surface area contributed by atoms with Crippen molar-refractivity contribution in [3.8, 4) is 11.8 Å². The third kappa shape index (κ3) is 2.49. The van der Waals surface area contributed by atoms with E-state index in [-0.39, 0.29) is 0 Å². The number of hydrogen-bond acceptors (Lipinski definition) is 1. The summed E-state index contributed by atoms with van der Waals surface area (Å²) in [5.74, 6) is 6.61. The second-order valence-corrected chi connectivity index (χ2v) is 3.54. The molecule has 0 bridgehead atoms. The number of nitrogens with zero attached hydrogens (tertiary/aromatic N) is 1. The summed E-state index contributed by atoms with van der Waals surface area (Å²) in [6, 6.07) is 10.1. The lowest BCUT2D eigenvalue weighted by molar-refractivity contribution is 1.29. The molecule has 0 aliphatic heterocycles. The molecule has 2 heteroatoms. The Kier molecular flexibility index (Phi) is 3.22. The van der Waals surface area contributed by atoms with Crippen molar-refractivity contribution in [1.82, 2.24) is 4.98 Å². The zero-order chi connectivity index (χ0) is 10.5. The third-order valence-electron chi connectivity index (χ3n) is 2.04. The van der Waals surface area contributed by atoms with Crippen molar-refractivity contribution in [2.24, 2.45) is 0 Å². The molecule has 0 saturated carbocycles. The van der Waals surface area contributed by atoms with Crippen LogP contribution in [0.25, 0.3) is 10.9 Å². The van der Waals surface area contributed by atoms with Gasteiger partial charge in [0.05, 0.1) is 5.52 Å². The van der Waals surface area contributed by atoms with Crippen molar-refractivity contribution in [1.29, 1.82) is 0 Å². The average Bonchev–Trinajstić information content (AvgIpc) is 2.29. The van der Waals surface area contributed by atoms with Gasteiger partial charge in [-0.05, 0) is 12.1 Å². The van der Waals surface area contributed by atoms with E-state index in [4.69, 9.17) is 11.6 Å². The number of fused-ring (bicyclic) bond motifs is 1. The van der Waals surface area contributed by atoms with Crippen LogP contribution < -0.4 is 0 Å². The molecule has 0 radical (unpaired) electrons. The SMILES string of the molecule is ClCCC#Cc1cnc2ccccc2c1. The first kappa shape index (κ1) is 10.0. The van der Waals surface area contributed by atoms with Gasteiger partial charge in [-0.2, -0.15) is 0 Å². The van der Waals surface area contributed by atoms with E-state index in [2.05, 4.69) is 16.8 Å². The molecule has 2 rings (SSSR count). The van der Waals surface area contributed by atoms with Gasteiger partial charge in [-0.3, -0.25) is 4.98 Å². The van der Waals surface area contributed by atoms with Gasteiger partial charge < -0.3 is 0 Å². The van der Waals surface area contributed by atoms with Gasteiger partial charge in [0.15, 0.2) is 0 Å². The minimum atomic E-state index is 0.577. The molecule has 1 aromatic heterocycles. The number of aromatic nitrogens is 1. The molecule has 0 aliphatic rings. The van der Waals surface area contributed by atoms with E-state index in [0.717, 1.165) is 16.5 Å². The van der Waals surface area contributed by atoms with Crippen molar-refractivity contribution in [3.05, 3.63) is 42.1 Å². The summed E-state index contributed by atoms with van der Waals surface area (Å²) in [6.45, 7) is 0. The van der Waals surface area contributed by atoms with Crippen LogP contribution in [0.1, 0.15) is 12.0 Å². The first-order valence-corrected chi connectivity index (χ1v) is 5.33. The molecular weight excluding hydrogens is 206 g/mol. The Morgan fingerprint density at radius 2 is 2.13 bits per heavy atom. The van der Waals surface area contributed by atoms with Crippen molar-refractivity contribution in [2.45, 2.75) is 6.42 Å². The quantitative estimate of drug-likeness (QED) is 0.526. The Morgan fingerprint density at radius 3 is 3.00 bits per heavy atom. The Morgan fingerprint density at radius 1 is 1.27 bits per heavy atom. The highest BCUT2D eigenvalue weighted by atomic mass is 35.5. The van der Waals surface area contributed by atoms with Crippen LogP contribution in [-0.2, 0) is 0 Å². The number of hydrogen-bond donors (Lipinski definition) is 0. The molecule has 1 aromatic carbocycles. The maximum atomic E-state index is 5.54. The second kappa shape index (κ2) is 4.82. The van der Waals surface area contributed by atoms with E-state index in [1.54, 1.807) is 6.20 Å². The molecule has 0 amide bonds. The van der Waals surface area contributed by atoms with Crippen molar-refractivity contribution >= 4 is 22.5 Å². The predicted molar refractivity (Wildman–Crippen MR) is 64.0 cm³/mol. The molecule has 1 heterocycles. The predicted octanol–water partition coefficient (Wildman–Crippen LogP) is 3.22. The van der Waals surface area contributed by atoms with Gasteiger partial charge in [-0.1, -0.05) is 30.0 Å². The molecule has 0 N–H and O–H groups in total. The summed E-state index contributed by atoms with van der Waals surface area (Å²) in [5.41, 5.74) is 1.94. The van der Waals surface area contributed by atoms with Crippen LogP contribution in [0.4, 0.5) is 0 Å². The van der Waals surface area contributed by atoms with Crippen molar-refractivity contribution in [3.63, 3.8) is 0 Å². The molecule has 0 aliphatic carbocycles. The minimum Gasteiger partial charge on any atom is -0.255 e. The maximum absolute atomic E-state index is 5.54. The largest absolute Gasteiger partial charge is 0.255 e. The monoisotopic (exact) mass is 215 g/mol. The number of benzene rings is 1. The Bertz CT molecular complexity index is 523. The second-order valence-electron chi connectivity index (χ2n) is 3.16. The van der Waals surface area contributed by atoms with Crippen molar-refractivity contribution in [2.75, 3.05) is 5.88 Å². The zero-order valence-corrected chi connectivity index (χ0v) is 8.96. The van der Waals surface area contributed by atoms with Crippen LogP contribution in [0.5, 0.6) is 0 Å². The van der Waals surface area contributed by atoms with Crippen molar-refractivity contribution < 1.29 is 0 Å². The Balaban J connectivity index is 2.36. The number of pyridine rings is 1. The molecular formula is C13H10ClN. The normalized spacial score (nSPS) is 9.67. The summed E-state index contributed by atoms with van der Waals surface area (Å²) >= 11 is 5.54. The fraction of sp³-hybridized carbons (Fsp3) is 0.154. The molecule has 0 spiro atoms. The van der Waals surface area contributed by atoms with Crippen LogP contribution >= 0.6 is 11.6 Å². The highest BCUT2D eigenvalue weighted by Gasteiger charge is 1.93. The minimum absolute atomic E-state index is 0.577. The Labute approximate surface area is 94.1 Å². The number of para-hydroxylation sites is 1. The molecule has 0 saturated heterocycles. The Hall–Kier alpha value is -1.52. The van der Waals surface area contributed by atoms with Crippen LogP contribution in [0.15, 0.2) is 36.5 Å². The van der Waals surface area contributed by atoms with Crippen LogP contribution in [0.2, 0.25) is 0 Å². The highest BCUT2D eigenvalue weighted by Crippen LogP contribution is 2.11. The topological polar surface area (TPSA) is 12.9 Å². The van der Waals surface area contributed by atoms with Crippen LogP contribution in [0.3, 0.4) is 0 Å². The number of halogens is 1. The van der Waals surface area contributed by atoms with Gasteiger partial charge in [0.1, 0.15) is 0 Å². The molecule has 74 valence electrons. The van der Waals surface area contributed by atoms with Crippen LogP contribution in [0, 0.1) is 11.8 Å². The van der Waals surface area contributed by atoms with Gasteiger partial charge in [-0.25, -0.2) is 0 Å². The summed E-state index contributed by atoms with van der Waals surface area (Å²) < 4.78 is 0. The van der Waals surface area contributed by atoms with E-state index in [9.17, 15) is 0 Å². The molecule has 0 atom stereocenters. The van der Waals surface area contributed by atoms with E-state index in [1.807, 2.05) is 30.3 Å². The summed E-state index contributed by atoms with van der Waals surface area (Å²) in [4.78, 5) is 4.32. The van der Waals surface area contributed by atoms with Gasteiger partial charge in [-0.15, -0.1) is 11.6 Å². The third-order valence-corrected chi connectivity index (χ3v) is 2.23.